The van der Waals surface area contributed by atoms with Crippen LogP contribution in [-0.4, -0.2) is 26.0 Å². The van der Waals surface area contributed by atoms with Crippen molar-refractivity contribution in [2.45, 2.75) is 0 Å². The van der Waals surface area contributed by atoms with Gasteiger partial charge >= 0.3 is 0 Å². The number of hydrogen-bond donors (Lipinski definition) is 3. The highest BCUT2D eigenvalue weighted by molar-refractivity contribution is 6.03. The second kappa shape index (κ2) is 5.10. The second-order valence-electron chi connectivity index (χ2n) is 5.19. The molecule has 0 radical (unpaired) electrons. The molecular weight excluding hydrogens is 290 g/mol. The number of aromatic nitrogens is 3. The fraction of sp³-hybridized carbons (Fsp3) is 0. The molecule has 112 valence electrons. The Morgan fingerprint density at radius 2 is 1.87 bits per heavy atom. The van der Waals surface area contributed by atoms with Crippen molar-refractivity contribution < 1.29 is 5.21 Å². The van der Waals surface area contributed by atoms with Crippen molar-refractivity contribution in [3.63, 3.8) is 0 Å². The van der Waals surface area contributed by atoms with Crippen molar-refractivity contribution in [2.24, 2.45) is 10.9 Å². The summed E-state index contributed by atoms with van der Waals surface area (Å²) < 4.78 is 0. The van der Waals surface area contributed by atoms with Gasteiger partial charge in [-0.25, -0.2) is 9.97 Å². The normalized spacial score (nSPS) is 12.1. The third-order valence-corrected chi connectivity index (χ3v) is 3.80. The van der Waals surface area contributed by atoms with E-state index in [1.807, 2.05) is 42.6 Å². The van der Waals surface area contributed by atoms with Crippen molar-refractivity contribution in [3.05, 3.63) is 60.3 Å². The van der Waals surface area contributed by atoms with Crippen molar-refractivity contribution in [3.8, 4) is 11.4 Å². The number of nitrogens with zero attached hydrogens (tertiary/aromatic N) is 3. The lowest BCUT2D eigenvalue weighted by Crippen LogP contribution is -2.12. The Morgan fingerprint density at radius 3 is 2.65 bits per heavy atom. The number of nitrogens with one attached hydrogen (secondary N) is 1. The van der Waals surface area contributed by atoms with Gasteiger partial charge in [0.25, 0.3) is 0 Å². The molecule has 0 aliphatic rings. The zero-order valence-electron chi connectivity index (χ0n) is 12.1. The highest BCUT2D eigenvalue weighted by atomic mass is 16.4. The third-order valence-electron chi connectivity index (χ3n) is 3.80. The summed E-state index contributed by atoms with van der Waals surface area (Å²) >= 11 is 0. The molecule has 0 aliphatic heterocycles. The van der Waals surface area contributed by atoms with Gasteiger partial charge in [0.15, 0.2) is 11.5 Å². The van der Waals surface area contributed by atoms with Crippen molar-refractivity contribution in [1.82, 2.24) is 15.0 Å². The number of benzene rings is 2. The van der Waals surface area contributed by atoms with Crippen LogP contribution in [0, 0.1) is 0 Å². The molecule has 0 aliphatic carbocycles. The lowest BCUT2D eigenvalue weighted by Gasteiger charge is -2.00. The van der Waals surface area contributed by atoms with Gasteiger partial charge in [0.05, 0.1) is 0 Å². The first kappa shape index (κ1) is 13.3. The van der Waals surface area contributed by atoms with E-state index in [4.69, 9.17) is 10.9 Å². The molecule has 0 unspecified atom stereocenters. The Balaban J connectivity index is 1.84. The number of imidazole rings is 1. The van der Waals surface area contributed by atoms with E-state index in [1.165, 1.54) is 0 Å². The van der Waals surface area contributed by atoms with Crippen molar-refractivity contribution in [1.29, 1.82) is 0 Å². The Kier molecular flexibility index (Phi) is 2.94. The van der Waals surface area contributed by atoms with E-state index in [2.05, 4.69) is 20.1 Å². The Hall–Kier alpha value is -3.41. The van der Waals surface area contributed by atoms with Crippen LogP contribution in [0.4, 0.5) is 0 Å². The smallest absolute Gasteiger partial charge is 0.170 e. The predicted molar refractivity (Wildman–Crippen MR) is 89.3 cm³/mol. The fourth-order valence-electron chi connectivity index (χ4n) is 2.60. The summed E-state index contributed by atoms with van der Waals surface area (Å²) in [5.74, 6) is 0.809. The maximum absolute atomic E-state index is 8.71. The van der Waals surface area contributed by atoms with Crippen LogP contribution in [0.3, 0.4) is 0 Å². The fourth-order valence-corrected chi connectivity index (χ4v) is 2.60. The number of hydrogen-bond acceptors (Lipinski definition) is 4. The largest absolute Gasteiger partial charge is 0.409 e. The highest BCUT2D eigenvalue weighted by Crippen LogP contribution is 2.25. The lowest BCUT2D eigenvalue weighted by molar-refractivity contribution is 0.318. The maximum Gasteiger partial charge on any atom is 0.170 e. The molecule has 23 heavy (non-hydrogen) atoms. The van der Waals surface area contributed by atoms with Gasteiger partial charge in [-0.15, -0.1) is 0 Å². The van der Waals surface area contributed by atoms with Crippen LogP contribution < -0.4 is 5.73 Å². The van der Waals surface area contributed by atoms with E-state index in [9.17, 15) is 0 Å². The van der Waals surface area contributed by atoms with E-state index >= 15 is 0 Å². The molecule has 4 N–H and O–H groups in total. The zero-order valence-corrected chi connectivity index (χ0v) is 12.1. The van der Waals surface area contributed by atoms with Gasteiger partial charge in [-0.1, -0.05) is 53.7 Å². The molecular formula is C17H13N5O. The summed E-state index contributed by atoms with van der Waals surface area (Å²) in [6, 6.07) is 15.3. The van der Waals surface area contributed by atoms with Crippen LogP contribution in [0.15, 0.2) is 59.9 Å². The molecule has 0 atom stereocenters. The first-order valence-electron chi connectivity index (χ1n) is 7.08. The van der Waals surface area contributed by atoms with Crippen LogP contribution in [0.25, 0.3) is 33.3 Å². The molecule has 0 fully saturated rings. The average Bonchev–Trinajstić information content (AvgIpc) is 3.06. The van der Waals surface area contributed by atoms with Gasteiger partial charge < -0.3 is 15.9 Å². The minimum atomic E-state index is 0.0776. The minimum Gasteiger partial charge on any atom is -0.409 e. The SMILES string of the molecule is N/C(=N/O)c1ccc(-c2nc3c(ncc4ccccc43)[nH]2)cc1. The van der Waals surface area contributed by atoms with Gasteiger partial charge in [-0.3, -0.25) is 0 Å². The van der Waals surface area contributed by atoms with Crippen LogP contribution in [0.1, 0.15) is 5.56 Å². The van der Waals surface area contributed by atoms with Gasteiger partial charge in [0, 0.05) is 28.1 Å². The topological polar surface area (TPSA) is 100 Å². The van der Waals surface area contributed by atoms with Crippen LogP contribution in [-0.2, 0) is 0 Å². The molecule has 6 heteroatoms. The van der Waals surface area contributed by atoms with Crippen molar-refractivity contribution >= 4 is 27.8 Å². The van der Waals surface area contributed by atoms with E-state index in [0.29, 0.717) is 5.56 Å². The van der Waals surface area contributed by atoms with Gasteiger partial charge in [0.1, 0.15) is 11.3 Å². The minimum absolute atomic E-state index is 0.0776. The standard InChI is InChI=1S/C17H13N5O/c18-15(22-23)10-5-7-11(8-6-10)16-20-14-13-4-2-1-3-12(13)9-19-17(14)21-16/h1-9,23H,(H2,18,22)(H,19,20,21). The molecule has 6 nitrogen and oxygen atoms in total. The van der Waals surface area contributed by atoms with E-state index in [1.54, 1.807) is 12.1 Å². The average molecular weight is 303 g/mol. The van der Waals surface area contributed by atoms with Crippen LogP contribution >= 0.6 is 0 Å². The number of pyridine rings is 1. The van der Waals surface area contributed by atoms with Crippen LogP contribution in [0.5, 0.6) is 0 Å². The quantitative estimate of drug-likeness (QED) is 0.229. The summed E-state index contributed by atoms with van der Waals surface area (Å²) in [5, 5.41) is 13.8. The van der Waals surface area contributed by atoms with E-state index < -0.39 is 0 Å². The van der Waals surface area contributed by atoms with E-state index in [0.717, 1.165) is 33.3 Å². The van der Waals surface area contributed by atoms with Gasteiger partial charge in [-0.2, -0.15) is 0 Å². The predicted octanol–water partition coefficient (Wildman–Crippen LogP) is 2.87. The first-order valence-corrected chi connectivity index (χ1v) is 7.08. The van der Waals surface area contributed by atoms with Crippen molar-refractivity contribution in [2.75, 3.05) is 0 Å². The number of amidine groups is 1. The molecule has 4 rings (SSSR count). The molecule has 0 saturated heterocycles. The summed E-state index contributed by atoms with van der Waals surface area (Å²) in [4.78, 5) is 12.3. The molecule has 2 heterocycles. The Bertz CT molecular complexity index is 1030. The number of oxime groups is 1. The number of H-pyrrole nitrogens is 1. The van der Waals surface area contributed by atoms with Gasteiger partial charge in [-0.05, 0) is 0 Å². The molecule has 2 aromatic carbocycles. The summed E-state index contributed by atoms with van der Waals surface area (Å²) in [6.45, 7) is 0. The number of aromatic amines is 1. The maximum atomic E-state index is 8.71. The zero-order chi connectivity index (χ0) is 15.8. The molecule has 0 amide bonds. The van der Waals surface area contributed by atoms with E-state index in [-0.39, 0.29) is 5.84 Å². The lowest BCUT2D eigenvalue weighted by atomic mass is 10.1. The monoisotopic (exact) mass is 303 g/mol. The third kappa shape index (κ3) is 2.17. The van der Waals surface area contributed by atoms with Crippen LogP contribution in [0.2, 0.25) is 0 Å². The Morgan fingerprint density at radius 1 is 1.09 bits per heavy atom. The van der Waals surface area contributed by atoms with Gasteiger partial charge in [0.2, 0.25) is 0 Å². The molecule has 4 aromatic rings. The Labute approximate surface area is 131 Å². The number of nitrogens with two attached hydrogens (primary N) is 1. The first-order chi connectivity index (χ1) is 11.3. The molecule has 0 saturated carbocycles. The molecule has 2 aromatic heterocycles. The molecule has 0 bridgehead atoms. The second-order valence-corrected chi connectivity index (χ2v) is 5.19. The number of rotatable bonds is 2. The summed E-state index contributed by atoms with van der Waals surface area (Å²) in [7, 11) is 0. The summed E-state index contributed by atoms with van der Waals surface area (Å²) in [5.41, 5.74) is 8.72. The molecule has 0 spiro atoms. The summed E-state index contributed by atoms with van der Waals surface area (Å²) in [6.07, 6.45) is 1.83. The number of fused-ring (bicyclic) bond motifs is 3. The highest BCUT2D eigenvalue weighted by Gasteiger charge is 2.09.